The first-order chi connectivity index (χ1) is 14.3. The maximum absolute atomic E-state index is 12.8. The fourth-order valence-electron chi connectivity index (χ4n) is 2.71. The van der Waals surface area contributed by atoms with Crippen molar-refractivity contribution in [2.24, 2.45) is 0 Å². The molecule has 11 heteroatoms. The van der Waals surface area contributed by atoms with Gasteiger partial charge in [0, 0.05) is 6.07 Å². The Bertz CT molecular complexity index is 1020. The van der Waals surface area contributed by atoms with Crippen LogP contribution in [0.3, 0.4) is 0 Å². The summed E-state index contributed by atoms with van der Waals surface area (Å²) >= 11 is 1.50. The molecule has 1 heterocycles. The van der Waals surface area contributed by atoms with E-state index in [-0.39, 0.29) is 46.8 Å². The van der Waals surface area contributed by atoms with Gasteiger partial charge in [0.15, 0.2) is 17.3 Å². The van der Waals surface area contributed by atoms with Gasteiger partial charge in [-0.1, -0.05) is 30.8 Å². The zero-order chi connectivity index (χ0) is 21.7. The molecule has 3 rings (SSSR count). The molecule has 1 aliphatic heterocycles. The summed E-state index contributed by atoms with van der Waals surface area (Å²) in [5.41, 5.74) is 0.916. The van der Waals surface area contributed by atoms with E-state index in [1.165, 1.54) is 43.2 Å². The number of hydrogen-bond donors (Lipinski definition) is 2. The van der Waals surface area contributed by atoms with Crippen molar-refractivity contribution in [2.75, 3.05) is 19.7 Å². The number of fused-ring (bicyclic) bond motifs is 1. The number of carbonyl (C=O) groups excluding carboxylic acids is 1. The molecule has 2 aromatic rings. The minimum absolute atomic E-state index is 0. The topological polar surface area (TPSA) is 112 Å². The van der Waals surface area contributed by atoms with Gasteiger partial charge in [-0.2, -0.15) is 0 Å². The number of phosphoric acid groups is 1. The summed E-state index contributed by atoms with van der Waals surface area (Å²) in [5, 5.41) is 0. The Labute approximate surface area is 206 Å². The van der Waals surface area contributed by atoms with Crippen LogP contribution in [0.1, 0.15) is 29.3 Å². The van der Waals surface area contributed by atoms with Gasteiger partial charge in [-0.25, -0.2) is 4.57 Å². The second-order valence-corrected chi connectivity index (χ2v) is 8.37. The number of allylic oxidation sites excluding steroid dienone is 1. The quantitative estimate of drug-likeness (QED) is 0.242. The third-order valence-electron chi connectivity index (χ3n) is 4.03. The van der Waals surface area contributed by atoms with Gasteiger partial charge >= 0.3 is 37.4 Å². The molecule has 0 fully saturated rings. The molecule has 0 unspecified atom stereocenters. The molecular formula is C20H22NaO8PS. The van der Waals surface area contributed by atoms with Gasteiger partial charge < -0.3 is 18.7 Å². The van der Waals surface area contributed by atoms with Crippen molar-refractivity contribution in [1.82, 2.24) is 0 Å². The van der Waals surface area contributed by atoms with E-state index in [4.69, 9.17) is 24.0 Å². The van der Waals surface area contributed by atoms with Crippen LogP contribution in [-0.2, 0) is 4.57 Å². The Balaban J connectivity index is 0.00000341. The SMILES string of the molecule is CCCOc1cc2c(cc1C(=O)/C=C/c1ccc(OC)c(OP(=O)(O)O)c1)SCO2.[NaH]. The standard InChI is InChI=1S/C20H21O8PS.Na.H/c1-3-8-26-17-11-19-20(30-12-27-19)10-14(17)15(21)6-4-13-5-7-16(25-2)18(9-13)28-29(22,23)24;;/h4-7,9-11H,3,8,12H2,1-2H3,(H2,22,23,24);;/b6-4+;;. The van der Waals surface area contributed by atoms with Gasteiger partial charge in [0.1, 0.15) is 17.4 Å². The molecule has 8 nitrogen and oxygen atoms in total. The molecule has 2 aromatic carbocycles. The minimum atomic E-state index is -4.76. The molecule has 0 saturated heterocycles. The van der Waals surface area contributed by atoms with Crippen LogP contribution in [-0.4, -0.2) is 64.8 Å². The van der Waals surface area contributed by atoms with E-state index in [1.54, 1.807) is 18.2 Å². The normalized spacial score (nSPS) is 12.6. The Morgan fingerprint density at radius 1 is 1.23 bits per heavy atom. The zero-order valence-electron chi connectivity index (χ0n) is 16.4. The van der Waals surface area contributed by atoms with Crippen molar-refractivity contribution in [1.29, 1.82) is 0 Å². The number of thioether (sulfide) groups is 1. The first-order valence-corrected chi connectivity index (χ1v) is 11.5. The number of ketones is 1. The summed E-state index contributed by atoms with van der Waals surface area (Å²) in [6.45, 7) is 2.44. The van der Waals surface area contributed by atoms with Crippen molar-refractivity contribution in [3.63, 3.8) is 0 Å². The average Bonchev–Trinajstić information content (AvgIpc) is 3.16. The molecule has 0 bridgehead atoms. The predicted molar refractivity (Wildman–Crippen MR) is 120 cm³/mol. The third-order valence-corrected chi connectivity index (χ3v) is 5.33. The van der Waals surface area contributed by atoms with Gasteiger partial charge in [0.25, 0.3) is 0 Å². The number of ether oxygens (including phenoxy) is 3. The Hall–Kier alpha value is -1.45. The average molecular weight is 476 g/mol. The van der Waals surface area contributed by atoms with Gasteiger partial charge in [-0.3, -0.25) is 14.6 Å². The van der Waals surface area contributed by atoms with Crippen molar-refractivity contribution in [3.05, 3.63) is 47.5 Å². The van der Waals surface area contributed by atoms with E-state index < -0.39 is 7.82 Å². The summed E-state index contributed by atoms with van der Waals surface area (Å²) < 4.78 is 32.1. The van der Waals surface area contributed by atoms with Crippen LogP contribution >= 0.6 is 19.6 Å². The van der Waals surface area contributed by atoms with E-state index in [9.17, 15) is 9.36 Å². The van der Waals surface area contributed by atoms with E-state index in [2.05, 4.69) is 4.52 Å². The van der Waals surface area contributed by atoms with Crippen molar-refractivity contribution in [3.8, 4) is 23.0 Å². The molecule has 0 aromatic heterocycles. The Kier molecular flexibility index (Phi) is 9.51. The summed E-state index contributed by atoms with van der Waals surface area (Å²) in [6.07, 6.45) is 3.68. The number of rotatable bonds is 9. The second-order valence-electron chi connectivity index (χ2n) is 6.24. The molecule has 0 radical (unpaired) electrons. The van der Waals surface area contributed by atoms with E-state index in [1.807, 2.05) is 6.92 Å². The van der Waals surface area contributed by atoms with Crippen LogP contribution < -0.4 is 18.7 Å². The molecule has 1 aliphatic rings. The number of carbonyl (C=O) groups is 1. The monoisotopic (exact) mass is 476 g/mol. The molecular weight excluding hydrogens is 454 g/mol. The second kappa shape index (κ2) is 11.4. The van der Waals surface area contributed by atoms with Crippen LogP contribution in [0.15, 0.2) is 41.3 Å². The van der Waals surface area contributed by atoms with Crippen LogP contribution in [0.5, 0.6) is 23.0 Å². The number of phosphoric ester groups is 1. The molecule has 0 aliphatic carbocycles. The van der Waals surface area contributed by atoms with Crippen molar-refractivity contribution < 1.29 is 37.9 Å². The summed E-state index contributed by atoms with van der Waals surface area (Å²) in [4.78, 5) is 31.8. The molecule has 31 heavy (non-hydrogen) atoms. The van der Waals surface area contributed by atoms with Gasteiger partial charge in [0.05, 0.1) is 24.2 Å². The van der Waals surface area contributed by atoms with Gasteiger partial charge in [-0.15, -0.1) is 0 Å². The third kappa shape index (κ3) is 7.02. The number of hydrogen-bond acceptors (Lipinski definition) is 7. The Morgan fingerprint density at radius 2 is 2.00 bits per heavy atom. The number of methoxy groups -OCH3 is 1. The van der Waals surface area contributed by atoms with E-state index in [0.717, 1.165) is 11.3 Å². The maximum atomic E-state index is 12.8. The van der Waals surface area contributed by atoms with Crippen LogP contribution in [0.25, 0.3) is 6.08 Å². The summed E-state index contributed by atoms with van der Waals surface area (Å²) in [6, 6.07) is 7.99. The van der Waals surface area contributed by atoms with Gasteiger partial charge in [0.2, 0.25) is 0 Å². The van der Waals surface area contributed by atoms with E-state index in [0.29, 0.717) is 35.2 Å². The number of benzene rings is 2. The molecule has 0 spiro atoms. The molecule has 0 atom stereocenters. The van der Waals surface area contributed by atoms with Crippen molar-refractivity contribution in [2.45, 2.75) is 18.2 Å². The molecule has 0 amide bonds. The fraction of sp³-hybridized carbons (Fsp3) is 0.250. The van der Waals surface area contributed by atoms with Crippen LogP contribution in [0.2, 0.25) is 0 Å². The first-order valence-electron chi connectivity index (χ1n) is 9.02. The molecule has 162 valence electrons. The van der Waals surface area contributed by atoms with Gasteiger partial charge in [-0.05, 0) is 36.3 Å². The molecule has 2 N–H and O–H groups in total. The van der Waals surface area contributed by atoms with Crippen molar-refractivity contribution >= 4 is 61.0 Å². The Morgan fingerprint density at radius 3 is 2.68 bits per heavy atom. The predicted octanol–water partition coefficient (Wildman–Crippen LogP) is 3.65. The van der Waals surface area contributed by atoms with Crippen LogP contribution in [0, 0.1) is 0 Å². The fourth-order valence-corrected chi connectivity index (χ4v) is 3.88. The molecule has 0 saturated carbocycles. The van der Waals surface area contributed by atoms with E-state index >= 15 is 0 Å². The zero-order valence-corrected chi connectivity index (χ0v) is 18.1. The summed E-state index contributed by atoms with van der Waals surface area (Å²) in [5.74, 6) is 1.40. The van der Waals surface area contributed by atoms with Crippen LogP contribution in [0.4, 0.5) is 0 Å². The summed E-state index contributed by atoms with van der Waals surface area (Å²) in [7, 11) is -3.41. The first kappa shape index (κ1) is 25.8.